The van der Waals surface area contributed by atoms with Gasteiger partial charge in [-0.15, -0.1) is 11.8 Å². The van der Waals surface area contributed by atoms with Crippen molar-refractivity contribution in [3.8, 4) is 5.75 Å². The zero-order chi connectivity index (χ0) is 23.7. The molecule has 0 spiro atoms. The Morgan fingerprint density at radius 2 is 1.69 bits per heavy atom. The number of anilines is 1. The Morgan fingerprint density at radius 1 is 1.06 bits per heavy atom. The molecule has 0 aliphatic carbocycles. The number of carbonyl (C=O) groups is 3. The molecule has 0 aromatic heterocycles. The monoisotopic (exact) mass is 460 g/mol. The highest BCUT2D eigenvalue weighted by molar-refractivity contribution is 7.99. The van der Waals surface area contributed by atoms with Crippen molar-refractivity contribution in [2.75, 3.05) is 33.1 Å². The minimum absolute atomic E-state index is 0.0688. The third kappa shape index (κ3) is 7.28. The highest BCUT2D eigenvalue weighted by Crippen LogP contribution is 2.47. The molecule has 1 aliphatic rings. The van der Waals surface area contributed by atoms with Crippen LogP contribution in [-0.4, -0.2) is 60.7 Å². The van der Waals surface area contributed by atoms with Crippen LogP contribution < -0.4 is 10.1 Å². The molecule has 0 unspecified atom stereocenters. The molecule has 0 bridgehead atoms. The third-order valence-electron chi connectivity index (χ3n) is 4.85. The van der Waals surface area contributed by atoms with Gasteiger partial charge in [-0.05, 0) is 63.3 Å². The van der Waals surface area contributed by atoms with E-state index in [9.17, 15) is 4.79 Å². The van der Waals surface area contributed by atoms with E-state index in [1.807, 2.05) is 30.3 Å². The van der Waals surface area contributed by atoms with E-state index in [2.05, 4.69) is 42.5 Å². The predicted octanol–water partition coefficient (Wildman–Crippen LogP) is 3.59. The van der Waals surface area contributed by atoms with Crippen molar-refractivity contribution in [1.82, 2.24) is 4.90 Å². The van der Waals surface area contributed by atoms with Crippen molar-refractivity contribution in [2.24, 2.45) is 5.92 Å². The highest BCUT2D eigenvalue weighted by Gasteiger charge is 2.33. The number of hydrogen-bond donors (Lipinski definition) is 3. The van der Waals surface area contributed by atoms with Crippen molar-refractivity contribution in [1.29, 1.82) is 0 Å². The van der Waals surface area contributed by atoms with Crippen LogP contribution in [0, 0.1) is 5.92 Å². The van der Waals surface area contributed by atoms with E-state index in [1.165, 1.54) is 0 Å². The number of carboxylic acids is 2. The Kier molecular flexibility index (Phi) is 9.55. The van der Waals surface area contributed by atoms with Crippen LogP contribution in [-0.2, 0) is 14.4 Å². The number of nitrogens with one attached hydrogen (secondary N) is 1. The van der Waals surface area contributed by atoms with Gasteiger partial charge in [0.25, 0.3) is 0 Å². The lowest BCUT2D eigenvalue weighted by atomic mass is 9.93. The number of rotatable bonds is 6. The number of hydrogen-bond acceptors (Lipinski definition) is 6. The molecule has 1 amide bonds. The van der Waals surface area contributed by atoms with Gasteiger partial charge in [-0.3, -0.25) is 4.79 Å². The van der Waals surface area contributed by atoms with Gasteiger partial charge in [0, 0.05) is 10.1 Å². The first-order chi connectivity index (χ1) is 15.2. The molecule has 32 heavy (non-hydrogen) atoms. The second kappa shape index (κ2) is 12.1. The molecule has 2 aromatic rings. The quantitative estimate of drug-likeness (QED) is 0.560. The van der Waals surface area contributed by atoms with E-state index >= 15 is 0 Å². The summed E-state index contributed by atoms with van der Waals surface area (Å²) in [4.78, 5) is 34.5. The lowest BCUT2D eigenvalue weighted by Gasteiger charge is -2.24. The number of ether oxygens (including phenoxy) is 1. The molecule has 2 aromatic carbocycles. The maximum atomic E-state index is 13.0. The normalized spacial score (nSPS) is 17.3. The van der Waals surface area contributed by atoms with Gasteiger partial charge in [-0.2, -0.15) is 0 Å². The van der Waals surface area contributed by atoms with E-state index in [0.717, 1.165) is 41.3 Å². The summed E-state index contributed by atoms with van der Waals surface area (Å²) in [6, 6.07) is 16.2. The molecule has 172 valence electrons. The van der Waals surface area contributed by atoms with Crippen LogP contribution >= 0.6 is 11.8 Å². The van der Waals surface area contributed by atoms with Gasteiger partial charge in [0.15, 0.2) is 0 Å². The fourth-order valence-corrected chi connectivity index (χ4v) is 4.65. The van der Waals surface area contributed by atoms with Crippen molar-refractivity contribution >= 4 is 35.3 Å². The lowest BCUT2D eigenvalue weighted by molar-refractivity contribution is -0.159. The number of para-hydroxylation sites is 1. The summed E-state index contributed by atoms with van der Waals surface area (Å²) in [7, 11) is 5.81. The minimum atomic E-state index is -1.82. The van der Waals surface area contributed by atoms with E-state index in [1.54, 1.807) is 18.9 Å². The second-order valence-corrected chi connectivity index (χ2v) is 8.64. The number of aliphatic carboxylic acids is 2. The van der Waals surface area contributed by atoms with Gasteiger partial charge in [-0.1, -0.05) is 24.3 Å². The van der Waals surface area contributed by atoms with E-state index in [0.29, 0.717) is 0 Å². The molecule has 2 atom stereocenters. The Morgan fingerprint density at radius 3 is 2.25 bits per heavy atom. The molecule has 1 aliphatic heterocycles. The first-order valence-electron chi connectivity index (χ1n) is 10.0. The molecule has 0 saturated carbocycles. The molecule has 0 saturated heterocycles. The van der Waals surface area contributed by atoms with Gasteiger partial charge in [0.2, 0.25) is 5.91 Å². The van der Waals surface area contributed by atoms with Crippen molar-refractivity contribution in [3.05, 3.63) is 54.1 Å². The Hall–Kier alpha value is -3.04. The largest absolute Gasteiger partial charge is 0.497 e. The Labute approximate surface area is 191 Å². The van der Waals surface area contributed by atoms with Crippen molar-refractivity contribution in [2.45, 2.75) is 23.0 Å². The fourth-order valence-electron chi connectivity index (χ4n) is 3.26. The first-order valence-corrected chi connectivity index (χ1v) is 10.9. The molecule has 3 rings (SSSR count). The molecule has 0 fully saturated rings. The van der Waals surface area contributed by atoms with Crippen LogP contribution in [0.1, 0.15) is 23.7 Å². The maximum Gasteiger partial charge on any atom is 0.414 e. The summed E-state index contributed by atoms with van der Waals surface area (Å²) in [5.74, 6) is -2.77. The van der Waals surface area contributed by atoms with E-state index in [-0.39, 0.29) is 17.1 Å². The Balaban J connectivity index is 0.000000534. The molecule has 3 N–H and O–H groups in total. The summed E-state index contributed by atoms with van der Waals surface area (Å²) in [5, 5.41) is 18.0. The van der Waals surface area contributed by atoms with Crippen LogP contribution in [0.5, 0.6) is 5.75 Å². The zero-order valence-corrected chi connectivity index (χ0v) is 19.1. The summed E-state index contributed by atoms with van der Waals surface area (Å²) in [6.07, 6.45) is 1.86. The molecule has 0 radical (unpaired) electrons. The van der Waals surface area contributed by atoms with Crippen molar-refractivity contribution < 1.29 is 29.3 Å². The predicted molar refractivity (Wildman–Crippen MR) is 123 cm³/mol. The molecule has 9 heteroatoms. The number of carboxylic acid groups (broad SMARTS) is 2. The number of benzene rings is 2. The van der Waals surface area contributed by atoms with Crippen LogP contribution in [0.25, 0.3) is 0 Å². The standard InChI is InChI=1S/C21H26N2O2S.C2H2O4/c1-23(2)14-6-7-17-20(15-10-12-16(25-3)13-11-15)26-19-9-5-4-8-18(19)22-21(17)24;3-1(4)2(5)6/h4-5,8-13,17,20H,6-7,14H2,1-3H3,(H,22,24);(H,3,4)(H,5,6)/t17-,20+;/m1./s1. The Bertz CT molecular complexity index is 920. The summed E-state index contributed by atoms with van der Waals surface area (Å²) in [5.41, 5.74) is 2.08. The zero-order valence-electron chi connectivity index (χ0n) is 18.3. The number of fused-ring (bicyclic) bond motifs is 1. The number of amides is 1. The van der Waals surface area contributed by atoms with Gasteiger partial charge < -0.3 is 25.2 Å². The molecular weight excluding hydrogens is 432 g/mol. The molecule has 1 heterocycles. The lowest BCUT2D eigenvalue weighted by Crippen LogP contribution is -2.26. The summed E-state index contributed by atoms with van der Waals surface area (Å²) >= 11 is 1.78. The van der Waals surface area contributed by atoms with Crippen LogP contribution in [0.15, 0.2) is 53.4 Å². The second-order valence-electron chi connectivity index (χ2n) is 7.46. The van der Waals surface area contributed by atoms with E-state index < -0.39 is 11.9 Å². The maximum absolute atomic E-state index is 13.0. The highest BCUT2D eigenvalue weighted by atomic mass is 32.2. The van der Waals surface area contributed by atoms with Gasteiger partial charge in [0.1, 0.15) is 5.75 Å². The van der Waals surface area contributed by atoms with Crippen LogP contribution in [0.2, 0.25) is 0 Å². The average Bonchev–Trinajstić information content (AvgIpc) is 2.90. The van der Waals surface area contributed by atoms with Gasteiger partial charge in [0.05, 0.1) is 18.7 Å². The number of methoxy groups -OCH3 is 1. The van der Waals surface area contributed by atoms with Gasteiger partial charge in [-0.25, -0.2) is 9.59 Å². The topological polar surface area (TPSA) is 116 Å². The summed E-state index contributed by atoms with van der Waals surface area (Å²) < 4.78 is 5.29. The summed E-state index contributed by atoms with van der Waals surface area (Å²) in [6.45, 7) is 0.983. The third-order valence-corrected chi connectivity index (χ3v) is 6.31. The van der Waals surface area contributed by atoms with Gasteiger partial charge >= 0.3 is 11.9 Å². The molecular formula is C23H28N2O6S. The van der Waals surface area contributed by atoms with Crippen LogP contribution in [0.4, 0.5) is 5.69 Å². The van der Waals surface area contributed by atoms with E-state index in [4.69, 9.17) is 24.5 Å². The van der Waals surface area contributed by atoms with Crippen LogP contribution in [0.3, 0.4) is 0 Å². The number of thioether (sulfide) groups is 1. The number of nitrogens with zero attached hydrogens (tertiary/aromatic N) is 1. The first kappa shape index (κ1) is 25.2. The average molecular weight is 461 g/mol. The van der Waals surface area contributed by atoms with Crippen molar-refractivity contribution in [3.63, 3.8) is 0 Å². The smallest absolute Gasteiger partial charge is 0.414 e. The number of carbonyl (C=O) groups excluding carboxylic acids is 1. The SMILES string of the molecule is COc1ccc([C@@H]2Sc3ccccc3NC(=O)[C@@H]2CCCN(C)C)cc1.O=C(O)C(=O)O. The minimum Gasteiger partial charge on any atom is -0.497 e. The molecule has 8 nitrogen and oxygen atoms in total. The fraction of sp³-hybridized carbons (Fsp3) is 0.348.